The summed E-state index contributed by atoms with van der Waals surface area (Å²) in [6.07, 6.45) is 7.56. The average Bonchev–Trinajstić information content (AvgIpc) is 2.86. The molecule has 0 aliphatic carbocycles. The molecule has 86 valence electrons. The standard InChI is InChI=1S/C11H17N5/c1-15-11(3-6-14-15)4-7-16-8-10(2-5-12)13-9-16/h3,6,8-9H,2,4-5,7,12H2,1H3. The smallest absolute Gasteiger partial charge is 0.0949 e. The lowest BCUT2D eigenvalue weighted by molar-refractivity contribution is 0.636. The van der Waals surface area contributed by atoms with Gasteiger partial charge in [-0.1, -0.05) is 0 Å². The second kappa shape index (κ2) is 4.94. The van der Waals surface area contributed by atoms with Gasteiger partial charge in [0.25, 0.3) is 0 Å². The minimum atomic E-state index is 0.652. The van der Waals surface area contributed by atoms with Crippen LogP contribution in [0.15, 0.2) is 24.8 Å². The fraction of sp³-hybridized carbons (Fsp3) is 0.455. The second-order valence-corrected chi connectivity index (χ2v) is 3.84. The van der Waals surface area contributed by atoms with Gasteiger partial charge in [0.05, 0.1) is 12.0 Å². The first-order valence-corrected chi connectivity index (χ1v) is 5.47. The van der Waals surface area contributed by atoms with Gasteiger partial charge >= 0.3 is 0 Å². The lowest BCUT2D eigenvalue weighted by atomic mass is 10.3. The zero-order valence-corrected chi connectivity index (χ0v) is 9.50. The van der Waals surface area contributed by atoms with E-state index in [9.17, 15) is 0 Å². The van der Waals surface area contributed by atoms with Crippen LogP contribution in [-0.2, 0) is 26.4 Å². The molecule has 0 bridgehead atoms. The number of rotatable bonds is 5. The topological polar surface area (TPSA) is 61.7 Å². The Hall–Kier alpha value is -1.62. The second-order valence-electron chi connectivity index (χ2n) is 3.84. The summed E-state index contributed by atoms with van der Waals surface area (Å²) in [5.74, 6) is 0. The summed E-state index contributed by atoms with van der Waals surface area (Å²) >= 11 is 0. The molecule has 0 amide bonds. The van der Waals surface area contributed by atoms with Crippen molar-refractivity contribution in [3.05, 3.63) is 36.2 Å². The summed E-state index contributed by atoms with van der Waals surface area (Å²) in [6, 6.07) is 2.04. The molecule has 0 fully saturated rings. The third-order valence-electron chi connectivity index (χ3n) is 2.64. The number of aryl methyl sites for hydroxylation is 3. The molecule has 5 heteroatoms. The van der Waals surface area contributed by atoms with Gasteiger partial charge in [-0.25, -0.2) is 4.98 Å². The van der Waals surface area contributed by atoms with E-state index >= 15 is 0 Å². The normalized spacial score (nSPS) is 10.9. The molecule has 0 unspecified atom stereocenters. The van der Waals surface area contributed by atoms with Crippen LogP contribution in [0.5, 0.6) is 0 Å². The van der Waals surface area contributed by atoms with Crippen molar-refractivity contribution in [2.45, 2.75) is 19.4 Å². The molecule has 0 saturated carbocycles. The summed E-state index contributed by atoms with van der Waals surface area (Å²) in [4.78, 5) is 4.29. The van der Waals surface area contributed by atoms with Gasteiger partial charge in [-0.3, -0.25) is 4.68 Å². The molecule has 0 aliphatic heterocycles. The Balaban J connectivity index is 1.92. The number of hydrogen-bond donors (Lipinski definition) is 1. The van der Waals surface area contributed by atoms with E-state index in [-0.39, 0.29) is 0 Å². The minimum Gasteiger partial charge on any atom is -0.337 e. The molecule has 2 aromatic rings. The third kappa shape index (κ3) is 2.49. The van der Waals surface area contributed by atoms with Crippen molar-refractivity contribution >= 4 is 0 Å². The SMILES string of the molecule is Cn1nccc1CCn1cnc(CCN)c1. The molecule has 0 radical (unpaired) electrons. The van der Waals surface area contributed by atoms with Gasteiger partial charge in [-0.15, -0.1) is 0 Å². The van der Waals surface area contributed by atoms with Crippen molar-refractivity contribution in [1.82, 2.24) is 19.3 Å². The van der Waals surface area contributed by atoms with Gasteiger partial charge < -0.3 is 10.3 Å². The van der Waals surface area contributed by atoms with Crippen molar-refractivity contribution in [3.63, 3.8) is 0 Å². The molecule has 16 heavy (non-hydrogen) atoms. The molecule has 0 aliphatic rings. The summed E-state index contributed by atoms with van der Waals surface area (Å²) in [5, 5.41) is 4.14. The maximum atomic E-state index is 5.48. The fourth-order valence-electron chi connectivity index (χ4n) is 1.70. The van der Waals surface area contributed by atoms with Crippen LogP contribution in [0.25, 0.3) is 0 Å². The Morgan fingerprint density at radius 1 is 1.38 bits per heavy atom. The zero-order valence-electron chi connectivity index (χ0n) is 9.50. The van der Waals surface area contributed by atoms with Crippen LogP contribution >= 0.6 is 0 Å². The third-order valence-corrected chi connectivity index (χ3v) is 2.64. The Bertz CT molecular complexity index is 443. The summed E-state index contributed by atoms with van der Waals surface area (Å²) in [5.41, 5.74) is 7.77. The predicted octanol–water partition coefficient (Wildman–Crippen LogP) is 0.361. The molecule has 2 N–H and O–H groups in total. The Labute approximate surface area is 94.9 Å². The van der Waals surface area contributed by atoms with Crippen LogP contribution in [0.3, 0.4) is 0 Å². The molecular formula is C11H17N5. The zero-order chi connectivity index (χ0) is 11.4. The maximum Gasteiger partial charge on any atom is 0.0949 e. The first kappa shape index (κ1) is 10.9. The van der Waals surface area contributed by atoms with Crippen molar-refractivity contribution in [2.24, 2.45) is 12.8 Å². The molecule has 2 heterocycles. The number of hydrogen-bond acceptors (Lipinski definition) is 3. The highest BCUT2D eigenvalue weighted by molar-refractivity contribution is 5.01. The van der Waals surface area contributed by atoms with Crippen LogP contribution in [0.1, 0.15) is 11.4 Å². The van der Waals surface area contributed by atoms with Crippen LogP contribution in [-0.4, -0.2) is 25.9 Å². The maximum absolute atomic E-state index is 5.48. The molecule has 0 aromatic carbocycles. The van der Waals surface area contributed by atoms with E-state index in [1.54, 1.807) is 0 Å². The van der Waals surface area contributed by atoms with E-state index in [4.69, 9.17) is 5.73 Å². The average molecular weight is 219 g/mol. The minimum absolute atomic E-state index is 0.652. The lowest BCUT2D eigenvalue weighted by Crippen LogP contribution is -2.04. The fourth-order valence-corrected chi connectivity index (χ4v) is 1.70. The van der Waals surface area contributed by atoms with Crippen LogP contribution in [0.4, 0.5) is 0 Å². The quantitative estimate of drug-likeness (QED) is 0.790. The first-order valence-electron chi connectivity index (χ1n) is 5.47. The van der Waals surface area contributed by atoms with Crippen molar-refractivity contribution in [2.75, 3.05) is 6.54 Å². The van der Waals surface area contributed by atoms with E-state index in [1.165, 1.54) is 5.69 Å². The van der Waals surface area contributed by atoms with E-state index in [0.717, 1.165) is 25.1 Å². The van der Waals surface area contributed by atoms with Gasteiger partial charge in [0.1, 0.15) is 0 Å². The van der Waals surface area contributed by atoms with Crippen molar-refractivity contribution in [1.29, 1.82) is 0 Å². The largest absolute Gasteiger partial charge is 0.337 e. The highest BCUT2D eigenvalue weighted by atomic mass is 15.3. The molecule has 0 atom stereocenters. The monoisotopic (exact) mass is 219 g/mol. The van der Waals surface area contributed by atoms with Gasteiger partial charge in [0.15, 0.2) is 0 Å². The van der Waals surface area contributed by atoms with Crippen molar-refractivity contribution < 1.29 is 0 Å². The van der Waals surface area contributed by atoms with Crippen LogP contribution in [0.2, 0.25) is 0 Å². The summed E-state index contributed by atoms with van der Waals surface area (Å²) in [7, 11) is 1.96. The molecule has 0 saturated heterocycles. The first-order chi connectivity index (χ1) is 7.79. The number of nitrogens with two attached hydrogens (primary N) is 1. The summed E-state index contributed by atoms with van der Waals surface area (Å²) < 4.78 is 4.00. The molecule has 0 spiro atoms. The van der Waals surface area contributed by atoms with E-state index in [0.29, 0.717) is 6.54 Å². The Morgan fingerprint density at radius 3 is 2.94 bits per heavy atom. The molecule has 2 aromatic heterocycles. The predicted molar refractivity (Wildman–Crippen MR) is 61.9 cm³/mol. The lowest BCUT2D eigenvalue weighted by Gasteiger charge is -2.02. The molecular weight excluding hydrogens is 202 g/mol. The van der Waals surface area contributed by atoms with Gasteiger partial charge in [0, 0.05) is 44.5 Å². The van der Waals surface area contributed by atoms with E-state index in [2.05, 4.69) is 20.8 Å². The number of aromatic nitrogens is 4. The van der Waals surface area contributed by atoms with Gasteiger partial charge in [0.2, 0.25) is 0 Å². The highest BCUT2D eigenvalue weighted by Crippen LogP contribution is 2.02. The number of imidazole rings is 1. The van der Waals surface area contributed by atoms with Crippen molar-refractivity contribution in [3.8, 4) is 0 Å². The van der Waals surface area contributed by atoms with Crippen LogP contribution in [0, 0.1) is 0 Å². The molecule has 2 rings (SSSR count). The Morgan fingerprint density at radius 2 is 2.25 bits per heavy atom. The van der Waals surface area contributed by atoms with E-state index in [1.807, 2.05) is 30.3 Å². The van der Waals surface area contributed by atoms with Gasteiger partial charge in [-0.05, 0) is 12.6 Å². The summed E-state index contributed by atoms with van der Waals surface area (Å²) in [6.45, 7) is 1.58. The number of nitrogens with zero attached hydrogens (tertiary/aromatic N) is 4. The van der Waals surface area contributed by atoms with Crippen LogP contribution < -0.4 is 5.73 Å². The van der Waals surface area contributed by atoms with Gasteiger partial charge in [-0.2, -0.15) is 5.10 Å². The van der Waals surface area contributed by atoms with E-state index < -0.39 is 0 Å². The highest BCUT2D eigenvalue weighted by Gasteiger charge is 2.01. The Kier molecular flexibility index (Phi) is 3.36. The molecule has 5 nitrogen and oxygen atoms in total.